The summed E-state index contributed by atoms with van der Waals surface area (Å²) in [6.45, 7) is 1.41. The summed E-state index contributed by atoms with van der Waals surface area (Å²) < 4.78 is 10.6. The molecule has 25 heavy (non-hydrogen) atoms. The van der Waals surface area contributed by atoms with Crippen LogP contribution in [0.4, 0.5) is 5.69 Å². The van der Waals surface area contributed by atoms with Crippen LogP contribution in [-0.4, -0.2) is 70.0 Å². The summed E-state index contributed by atoms with van der Waals surface area (Å²) in [4.78, 5) is 26.0. The van der Waals surface area contributed by atoms with E-state index in [0.717, 1.165) is 5.69 Å². The number of nitrogens with one attached hydrogen (secondary N) is 2. The number of carbonyl (C=O) groups is 2. The Balaban J connectivity index is 2.05. The molecule has 1 aromatic carbocycles. The van der Waals surface area contributed by atoms with E-state index < -0.39 is 0 Å². The van der Waals surface area contributed by atoms with Gasteiger partial charge in [0.25, 0.3) is 5.91 Å². The number of benzene rings is 1. The molecule has 0 bridgehead atoms. The number of hydrogen-bond acceptors (Lipinski definition) is 6. The molecule has 0 radical (unpaired) electrons. The first kappa shape index (κ1) is 19.0. The minimum atomic E-state index is -0.184. The molecule has 0 saturated heterocycles. The van der Waals surface area contributed by atoms with Gasteiger partial charge in [-0.1, -0.05) is 0 Å². The summed E-state index contributed by atoms with van der Waals surface area (Å²) in [5, 5.41) is 14.2. The number of fused-ring (bicyclic) bond motifs is 1. The van der Waals surface area contributed by atoms with E-state index in [1.807, 2.05) is 11.9 Å². The molecule has 0 unspecified atom stereocenters. The smallest absolute Gasteiger partial charge is 0.251 e. The zero-order chi connectivity index (χ0) is 18.2. The van der Waals surface area contributed by atoms with E-state index in [1.165, 1.54) is 0 Å². The van der Waals surface area contributed by atoms with Crippen molar-refractivity contribution in [2.45, 2.75) is 12.5 Å². The molecule has 0 aliphatic carbocycles. The minimum Gasteiger partial charge on any atom is -0.489 e. The number of aliphatic hydroxyl groups is 1. The van der Waals surface area contributed by atoms with Gasteiger partial charge in [-0.05, 0) is 18.2 Å². The Kier molecular flexibility index (Phi) is 7.03. The van der Waals surface area contributed by atoms with Crippen molar-refractivity contribution in [2.24, 2.45) is 0 Å². The van der Waals surface area contributed by atoms with Gasteiger partial charge in [0.1, 0.15) is 12.4 Å². The van der Waals surface area contributed by atoms with E-state index in [4.69, 9.17) is 14.6 Å². The number of aliphatic hydroxyl groups excluding tert-OH is 1. The molecule has 2 amide bonds. The largest absolute Gasteiger partial charge is 0.489 e. The van der Waals surface area contributed by atoms with E-state index in [-0.39, 0.29) is 37.4 Å². The fourth-order valence-electron chi connectivity index (χ4n) is 2.60. The van der Waals surface area contributed by atoms with Crippen molar-refractivity contribution in [2.75, 3.05) is 52.0 Å². The molecule has 1 aliphatic heterocycles. The Morgan fingerprint density at radius 3 is 2.88 bits per heavy atom. The summed E-state index contributed by atoms with van der Waals surface area (Å²) in [7, 11) is 3.45. The molecule has 138 valence electrons. The van der Waals surface area contributed by atoms with Gasteiger partial charge in [-0.3, -0.25) is 9.59 Å². The highest BCUT2D eigenvalue weighted by Gasteiger charge is 2.27. The predicted octanol–water partition coefficient (Wildman–Crippen LogP) is -0.241. The lowest BCUT2D eigenvalue weighted by Gasteiger charge is -2.35. The number of carbonyl (C=O) groups excluding carboxylic acids is 2. The van der Waals surface area contributed by atoms with Gasteiger partial charge in [0, 0.05) is 32.8 Å². The molecule has 0 spiro atoms. The molecule has 8 heteroatoms. The number of methoxy groups -OCH3 is 1. The zero-order valence-corrected chi connectivity index (χ0v) is 14.6. The number of ether oxygens (including phenoxy) is 2. The second kappa shape index (κ2) is 9.24. The maximum Gasteiger partial charge on any atom is 0.251 e. The van der Waals surface area contributed by atoms with Gasteiger partial charge in [-0.15, -0.1) is 0 Å². The normalized spacial score (nSPS) is 16.0. The van der Waals surface area contributed by atoms with E-state index in [2.05, 4.69) is 10.6 Å². The highest BCUT2D eigenvalue weighted by molar-refractivity contribution is 5.95. The number of nitrogens with zero attached hydrogens (tertiary/aromatic N) is 1. The van der Waals surface area contributed by atoms with E-state index in [1.54, 1.807) is 25.3 Å². The Bertz CT molecular complexity index is 608. The van der Waals surface area contributed by atoms with Crippen LogP contribution < -0.4 is 20.3 Å². The van der Waals surface area contributed by atoms with Crippen molar-refractivity contribution in [1.29, 1.82) is 0 Å². The van der Waals surface area contributed by atoms with Gasteiger partial charge in [-0.25, -0.2) is 0 Å². The molecule has 1 heterocycles. The van der Waals surface area contributed by atoms with Crippen LogP contribution in [0.25, 0.3) is 0 Å². The monoisotopic (exact) mass is 351 g/mol. The van der Waals surface area contributed by atoms with Gasteiger partial charge in [0.2, 0.25) is 5.91 Å². The van der Waals surface area contributed by atoms with Crippen molar-refractivity contribution in [3.05, 3.63) is 23.8 Å². The average Bonchev–Trinajstić information content (AvgIpc) is 2.62. The Morgan fingerprint density at radius 1 is 1.36 bits per heavy atom. The number of amides is 2. The fraction of sp³-hybridized carbons (Fsp3) is 0.529. The predicted molar refractivity (Wildman–Crippen MR) is 93.0 cm³/mol. The van der Waals surface area contributed by atoms with Crippen LogP contribution in [-0.2, 0) is 9.53 Å². The van der Waals surface area contributed by atoms with Gasteiger partial charge in [0.15, 0.2) is 0 Å². The number of likely N-dealkylation sites (N-methyl/N-ethyl adjacent to an activating group) is 1. The molecule has 3 N–H and O–H groups in total. The summed E-state index contributed by atoms with van der Waals surface area (Å²) >= 11 is 0. The molecular formula is C17H25N3O5. The molecule has 8 nitrogen and oxygen atoms in total. The van der Waals surface area contributed by atoms with Crippen molar-refractivity contribution in [3.63, 3.8) is 0 Å². The molecular weight excluding hydrogens is 326 g/mol. The molecule has 0 saturated carbocycles. The average molecular weight is 351 g/mol. The number of anilines is 1. The third kappa shape index (κ3) is 5.07. The molecule has 2 rings (SSSR count). The standard InChI is InChI=1S/C17H25N3O5/c1-20-13(10-16(22)18-5-7-21)11-25-15-4-3-12(9-14(15)20)17(23)19-6-8-24-2/h3-4,9,13,21H,5-8,10-11H2,1-2H3,(H,18,22)(H,19,23)/t13-/m1/s1. The van der Waals surface area contributed by atoms with Crippen LogP contribution in [0, 0.1) is 0 Å². The topological polar surface area (TPSA) is 100 Å². The maximum atomic E-state index is 12.2. The molecule has 0 fully saturated rings. The van der Waals surface area contributed by atoms with Gasteiger partial charge < -0.3 is 30.1 Å². The minimum absolute atomic E-state index is 0.0902. The second-order valence-corrected chi connectivity index (χ2v) is 5.78. The van der Waals surface area contributed by atoms with Gasteiger partial charge in [-0.2, -0.15) is 0 Å². The molecule has 0 aromatic heterocycles. The third-order valence-corrected chi connectivity index (χ3v) is 4.03. The van der Waals surface area contributed by atoms with Gasteiger partial charge >= 0.3 is 0 Å². The Morgan fingerprint density at radius 2 is 2.16 bits per heavy atom. The van der Waals surface area contributed by atoms with E-state index in [9.17, 15) is 9.59 Å². The second-order valence-electron chi connectivity index (χ2n) is 5.78. The van der Waals surface area contributed by atoms with Crippen LogP contribution in [0.2, 0.25) is 0 Å². The van der Waals surface area contributed by atoms with Crippen molar-refractivity contribution in [3.8, 4) is 5.75 Å². The van der Waals surface area contributed by atoms with E-state index in [0.29, 0.717) is 31.1 Å². The molecule has 1 atom stereocenters. The maximum absolute atomic E-state index is 12.2. The van der Waals surface area contributed by atoms with Crippen LogP contribution in [0.15, 0.2) is 18.2 Å². The number of rotatable bonds is 8. The summed E-state index contributed by atoms with van der Waals surface area (Å²) in [5.41, 5.74) is 1.29. The summed E-state index contributed by atoms with van der Waals surface area (Å²) in [6, 6.07) is 5.09. The highest BCUT2D eigenvalue weighted by atomic mass is 16.5. The SMILES string of the molecule is COCCNC(=O)c1ccc2c(c1)N(C)[C@H](CC(=O)NCCO)CO2. The lowest BCUT2D eigenvalue weighted by atomic mass is 10.1. The van der Waals surface area contributed by atoms with Crippen molar-refractivity contribution in [1.82, 2.24) is 10.6 Å². The lowest BCUT2D eigenvalue weighted by Crippen LogP contribution is -2.44. The van der Waals surface area contributed by atoms with Crippen molar-refractivity contribution >= 4 is 17.5 Å². The van der Waals surface area contributed by atoms with Crippen molar-refractivity contribution < 1.29 is 24.2 Å². The first-order valence-electron chi connectivity index (χ1n) is 8.21. The van der Waals surface area contributed by atoms with Crippen LogP contribution >= 0.6 is 0 Å². The first-order chi connectivity index (χ1) is 12.1. The summed E-state index contributed by atoms with van der Waals surface area (Å²) in [6.07, 6.45) is 0.250. The lowest BCUT2D eigenvalue weighted by molar-refractivity contribution is -0.121. The highest BCUT2D eigenvalue weighted by Crippen LogP contribution is 2.34. The Hall–Kier alpha value is -2.32. The van der Waals surface area contributed by atoms with Crippen LogP contribution in [0.1, 0.15) is 16.8 Å². The van der Waals surface area contributed by atoms with Crippen LogP contribution in [0.3, 0.4) is 0 Å². The first-order valence-corrected chi connectivity index (χ1v) is 8.21. The fourth-order valence-corrected chi connectivity index (χ4v) is 2.60. The third-order valence-electron chi connectivity index (χ3n) is 4.03. The zero-order valence-electron chi connectivity index (χ0n) is 14.6. The van der Waals surface area contributed by atoms with Gasteiger partial charge in [0.05, 0.1) is 31.4 Å². The van der Waals surface area contributed by atoms with Crippen LogP contribution in [0.5, 0.6) is 5.75 Å². The number of hydrogen-bond donors (Lipinski definition) is 3. The quantitative estimate of drug-likeness (QED) is 0.559. The molecule has 1 aliphatic rings. The summed E-state index contributed by atoms with van der Waals surface area (Å²) in [5.74, 6) is 0.352. The molecule has 1 aromatic rings. The Labute approximate surface area is 147 Å². The van der Waals surface area contributed by atoms with E-state index >= 15 is 0 Å².